The smallest absolute Gasteiger partial charge is 0.149 e. The Kier molecular flexibility index (Phi) is 12.0. The zero-order valence-corrected chi connectivity index (χ0v) is 42.7. The second-order valence-corrected chi connectivity index (χ2v) is 20.3. The fourth-order valence-electron chi connectivity index (χ4n) is 12.3. The number of ether oxygens (including phenoxy) is 2. The summed E-state index contributed by atoms with van der Waals surface area (Å²) >= 11 is 0. The Morgan fingerprint density at radius 3 is 1.17 bits per heavy atom. The molecule has 0 heterocycles. The number of benzene rings is 10. The van der Waals surface area contributed by atoms with Gasteiger partial charge in [-0.15, -0.1) is 11.8 Å². The van der Waals surface area contributed by atoms with Gasteiger partial charge in [-0.2, -0.15) is 0 Å². The maximum atomic E-state index is 10.6. The number of fused-ring (bicyclic) bond motifs is 8. The van der Waals surface area contributed by atoms with Crippen molar-refractivity contribution in [2.45, 2.75) is 57.2 Å². The summed E-state index contributed by atoms with van der Waals surface area (Å²) in [6, 6.07) is 75.1. The Hall–Kier alpha value is -8.64. The Bertz CT molecular complexity index is 3730. The first kappa shape index (κ1) is 47.4. The van der Waals surface area contributed by atoms with Crippen molar-refractivity contribution in [3.8, 4) is 57.4 Å². The molecule has 4 nitrogen and oxygen atoms in total. The van der Waals surface area contributed by atoms with Gasteiger partial charge in [-0.3, -0.25) is 0 Å². The topological polar surface area (TPSA) is 58.9 Å². The molecule has 4 heteroatoms. The number of aliphatic hydroxyl groups excluding tert-OH is 2. The molecular formula is C71H56O4. The maximum absolute atomic E-state index is 10.6. The molecule has 2 aliphatic carbocycles. The molecule has 10 aromatic carbocycles. The zero-order valence-electron chi connectivity index (χ0n) is 42.7. The molecule has 2 N–H and O–H groups in total. The van der Waals surface area contributed by atoms with Crippen LogP contribution in [-0.2, 0) is 29.5 Å². The van der Waals surface area contributed by atoms with Crippen LogP contribution in [0.1, 0.15) is 94.5 Å². The van der Waals surface area contributed by atoms with E-state index >= 15 is 0 Å². The van der Waals surface area contributed by atoms with Crippen molar-refractivity contribution in [2.24, 2.45) is 0 Å². The largest absolute Gasteiger partial charge is 0.481 e. The van der Waals surface area contributed by atoms with Crippen LogP contribution >= 0.6 is 0 Å². The molecule has 0 saturated heterocycles. The Morgan fingerprint density at radius 1 is 0.387 bits per heavy atom. The summed E-state index contributed by atoms with van der Waals surface area (Å²) in [6.45, 7) is 8.87. The molecule has 75 heavy (non-hydrogen) atoms. The van der Waals surface area contributed by atoms with Gasteiger partial charge in [0.05, 0.1) is 24.0 Å². The molecular weight excluding hydrogens is 917 g/mol. The summed E-state index contributed by atoms with van der Waals surface area (Å²) in [7, 11) is 0. The summed E-state index contributed by atoms with van der Waals surface area (Å²) in [4.78, 5) is 0. The van der Waals surface area contributed by atoms with E-state index in [1.807, 2.05) is 38.1 Å². The second kappa shape index (κ2) is 19.0. The average Bonchev–Trinajstić information content (AvgIpc) is 3.93. The molecule has 0 saturated carbocycles. The molecule has 364 valence electrons. The third kappa shape index (κ3) is 7.64. The predicted molar refractivity (Wildman–Crippen MR) is 304 cm³/mol. The summed E-state index contributed by atoms with van der Waals surface area (Å²) in [5, 5.41) is 25.6. The van der Waals surface area contributed by atoms with Crippen molar-refractivity contribution in [1.29, 1.82) is 0 Å². The lowest BCUT2D eigenvalue weighted by Gasteiger charge is -2.36. The van der Waals surface area contributed by atoms with Crippen LogP contribution in [0.3, 0.4) is 0 Å². The fraction of sp³-hybridized carbons (Fsp3) is 0.155. The monoisotopic (exact) mass is 972 g/mol. The summed E-state index contributed by atoms with van der Waals surface area (Å²) in [6.07, 6.45) is 0. The van der Waals surface area contributed by atoms with E-state index in [9.17, 15) is 10.2 Å². The summed E-state index contributed by atoms with van der Waals surface area (Å²) < 4.78 is 11.9. The molecule has 2 atom stereocenters. The van der Waals surface area contributed by atoms with Crippen molar-refractivity contribution in [1.82, 2.24) is 0 Å². The van der Waals surface area contributed by atoms with Crippen LogP contribution in [0.25, 0.3) is 43.8 Å². The van der Waals surface area contributed by atoms with Crippen LogP contribution in [0.2, 0.25) is 0 Å². The molecule has 0 bridgehead atoms. The third-order valence-corrected chi connectivity index (χ3v) is 16.1. The van der Waals surface area contributed by atoms with E-state index in [1.54, 1.807) is 0 Å². The van der Waals surface area contributed by atoms with Gasteiger partial charge in [0.25, 0.3) is 0 Å². The minimum Gasteiger partial charge on any atom is -0.481 e. The maximum Gasteiger partial charge on any atom is 0.149 e. The van der Waals surface area contributed by atoms with E-state index in [-0.39, 0.29) is 18.6 Å². The van der Waals surface area contributed by atoms with Gasteiger partial charge in [0, 0.05) is 5.41 Å². The van der Waals surface area contributed by atoms with Gasteiger partial charge in [0.1, 0.15) is 24.7 Å². The van der Waals surface area contributed by atoms with Gasteiger partial charge in [-0.25, -0.2) is 0 Å². The summed E-state index contributed by atoms with van der Waals surface area (Å²) in [5.74, 6) is 13.4. The highest BCUT2D eigenvalue weighted by Gasteiger charge is 2.48. The normalized spacial score (nSPS) is 16.0. The van der Waals surface area contributed by atoms with E-state index in [4.69, 9.17) is 9.47 Å². The number of hydrogen-bond acceptors (Lipinski definition) is 4. The first-order valence-corrected chi connectivity index (χ1v) is 25.8. The van der Waals surface area contributed by atoms with Crippen LogP contribution in [-0.4, -0.2) is 23.4 Å². The van der Waals surface area contributed by atoms with Crippen LogP contribution in [0.4, 0.5) is 0 Å². The van der Waals surface area contributed by atoms with Crippen molar-refractivity contribution >= 4 is 21.5 Å². The highest BCUT2D eigenvalue weighted by Crippen LogP contribution is 2.59. The number of rotatable bonds is 12. The van der Waals surface area contributed by atoms with E-state index in [1.165, 1.54) is 44.5 Å². The number of hydrogen-bond donors (Lipinski definition) is 2. The van der Waals surface area contributed by atoms with Gasteiger partial charge in [0.2, 0.25) is 0 Å². The molecule has 0 radical (unpaired) electrons. The van der Waals surface area contributed by atoms with E-state index < -0.39 is 10.8 Å². The van der Waals surface area contributed by atoms with Gasteiger partial charge in [-0.1, -0.05) is 196 Å². The number of aliphatic hydroxyl groups is 2. The van der Waals surface area contributed by atoms with Crippen molar-refractivity contribution < 1.29 is 19.7 Å². The SMILES string of the molecule is CC#CCOc1ccc2cc(C3(c4ccc(C(C)(C)c5ccc(C6(c7ccc8cc(OCC#CC)ccc8c7)c7ccccc7-c7ccc(CO)cc76)cc5)cc4)c4ccccc4-c4ccc(CO)cc43)ccc2c1. The van der Waals surface area contributed by atoms with Crippen molar-refractivity contribution in [3.05, 3.63) is 273 Å². The molecule has 0 spiro atoms. The fourth-order valence-corrected chi connectivity index (χ4v) is 12.3. The van der Waals surface area contributed by atoms with Crippen molar-refractivity contribution in [3.63, 3.8) is 0 Å². The van der Waals surface area contributed by atoms with Gasteiger partial charge < -0.3 is 19.7 Å². The summed E-state index contributed by atoms with van der Waals surface area (Å²) in [5.41, 5.74) is 16.6. The molecule has 0 aliphatic heterocycles. The standard InChI is InChI=1S/C71H56O4/c1-5-7-37-74-59-33-21-49-41-57(23-19-51(49)43-59)70(65-15-11-9-13-61(65)63-35-17-47(45-72)39-67(63)70)55-29-25-53(26-30-55)69(3,4)54-27-31-56(32-28-54)71(58-24-20-52-44-60(75-38-8-6-2)34-22-50(52)42-58)66-16-12-10-14-62(66)64-36-18-48(46-73)40-68(64)71/h9-36,39-44,72-73H,37-38,45-46H2,1-4H3. The average molecular weight is 973 g/mol. The predicted octanol–water partition coefficient (Wildman–Crippen LogP) is 14.8. The van der Waals surface area contributed by atoms with Crippen LogP contribution in [0.15, 0.2) is 206 Å². The Labute approximate surface area is 439 Å². The van der Waals surface area contributed by atoms with Gasteiger partial charge in [0.15, 0.2) is 0 Å². The Morgan fingerprint density at radius 2 is 0.760 bits per heavy atom. The minimum absolute atomic E-state index is 0.0485. The molecule has 0 fully saturated rings. The van der Waals surface area contributed by atoms with Gasteiger partial charge in [-0.05, 0) is 161 Å². The van der Waals surface area contributed by atoms with Crippen molar-refractivity contribution in [2.75, 3.05) is 13.2 Å². The van der Waals surface area contributed by atoms with Crippen LogP contribution in [0, 0.1) is 23.7 Å². The zero-order chi connectivity index (χ0) is 51.3. The molecule has 0 amide bonds. The highest BCUT2D eigenvalue weighted by atomic mass is 16.5. The van der Waals surface area contributed by atoms with Crippen LogP contribution < -0.4 is 9.47 Å². The van der Waals surface area contributed by atoms with E-state index in [2.05, 4.69) is 220 Å². The molecule has 12 rings (SSSR count). The van der Waals surface area contributed by atoms with E-state index in [0.29, 0.717) is 13.2 Å². The first-order chi connectivity index (χ1) is 36.7. The van der Waals surface area contributed by atoms with Crippen LogP contribution in [0.5, 0.6) is 11.5 Å². The third-order valence-electron chi connectivity index (χ3n) is 16.1. The highest BCUT2D eigenvalue weighted by molar-refractivity contribution is 5.92. The molecule has 2 unspecified atom stereocenters. The Balaban J connectivity index is 0.964. The molecule has 0 aromatic heterocycles. The minimum atomic E-state index is -0.664. The quantitative estimate of drug-likeness (QED) is 0.120. The second-order valence-electron chi connectivity index (χ2n) is 20.3. The molecule has 2 aliphatic rings. The van der Waals surface area contributed by atoms with E-state index in [0.717, 1.165) is 77.6 Å². The molecule has 10 aromatic rings. The lowest BCUT2D eigenvalue weighted by molar-refractivity contribution is 0.281. The lowest BCUT2D eigenvalue weighted by Crippen LogP contribution is -2.29. The van der Waals surface area contributed by atoms with Gasteiger partial charge >= 0.3 is 0 Å². The lowest BCUT2D eigenvalue weighted by atomic mass is 9.66. The first-order valence-electron chi connectivity index (χ1n) is 25.8.